The third-order valence-electron chi connectivity index (χ3n) is 3.63. The molecule has 1 rings (SSSR count). The average Bonchev–Trinajstić information content (AvgIpc) is 2.56. The molecule has 0 heterocycles. The smallest absolute Gasteiger partial charge is 0.267 e. The fourth-order valence-electron chi connectivity index (χ4n) is 2.18. The molecule has 1 amide bonds. The molecule has 0 saturated carbocycles. The zero-order chi connectivity index (χ0) is 17.3. The van der Waals surface area contributed by atoms with Gasteiger partial charge in [-0.25, -0.2) is 5.48 Å². The van der Waals surface area contributed by atoms with Crippen molar-refractivity contribution in [3.05, 3.63) is 42.0 Å². The van der Waals surface area contributed by atoms with E-state index in [0.717, 1.165) is 5.56 Å². The van der Waals surface area contributed by atoms with Crippen molar-refractivity contribution in [3.8, 4) is 5.75 Å². The number of carbonyl (C=O) groups is 1. The van der Waals surface area contributed by atoms with Crippen LogP contribution in [0.1, 0.15) is 38.4 Å². The molecule has 0 aromatic heterocycles. The lowest BCUT2D eigenvalue weighted by Crippen LogP contribution is -2.22. The first-order chi connectivity index (χ1) is 10.9. The maximum absolute atomic E-state index is 10.9. The van der Waals surface area contributed by atoms with Crippen LogP contribution in [0.15, 0.2) is 36.4 Å². The highest BCUT2D eigenvalue weighted by molar-refractivity contribution is 5.86. The Balaban J connectivity index is 2.61. The highest BCUT2D eigenvalue weighted by Crippen LogP contribution is 2.37. The van der Waals surface area contributed by atoms with Crippen molar-refractivity contribution < 1.29 is 25.0 Å². The predicted octanol–water partition coefficient (Wildman–Crippen LogP) is 1.96. The minimum atomic E-state index is -0.658. The molecule has 0 fully saturated rings. The maximum Gasteiger partial charge on any atom is 0.267 e. The Hall–Kier alpha value is -1.89. The Morgan fingerprint density at radius 3 is 2.57 bits per heavy atom. The van der Waals surface area contributed by atoms with Crippen LogP contribution in [0.25, 0.3) is 0 Å². The van der Waals surface area contributed by atoms with Gasteiger partial charge in [0, 0.05) is 6.08 Å². The maximum atomic E-state index is 10.9. The highest BCUT2D eigenvalue weighted by atomic mass is 16.5. The van der Waals surface area contributed by atoms with Crippen LogP contribution in [0.4, 0.5) is 0 Å². The van der Waals surface area contributed by atoms with E-state index in [1.807, 2.05) is 13.8 Å². The van der Waals surface area contributed by atoms with E-state index in [0.29, 0.717) is 18.6 Å². The number of nitrogens with one attached hydrogen (secondary N) is 1. The lowest BCUT2D eigenvalue weighted by molar-refractivity contribution is -0.124. The van der Waals surface area contributed by atoms with Crippen LogP contribution in [0.3, 0.4) is 0 Å². The molecule has 6 nitrogen and oxygen atoms in total. The average molecular weight is 323 g/mol. The van der Waals surface area contributed by atoms with Gasteiger partial charge in [-0.15, -0.1) is 0 Å². The minimum absolute atomic E-state index is 0.0424. The van der Waals surface area contributed by atoms with E-state index < -0.39 is 12.0 Å². The highest BCUT2D eigenvalue weighted by Gasteiger charge is 2.28. The molecule has 1 aromatic carbocycles. The summed E-state index contributed by atoms with van der Waals surface area (Å²) < 4.78 is 5.29. The summed E-state index contributed by atoms with van der Waals surface area (Å²) in [5.74, 6) is 0.0765. The number of allylic oxidation sites excluding steroid dienone is 1. The van der Waals surface area contributed by atoms with Crippen LogP contribution < -0.4 is 10.2 Å². The lowest BCUT2D eigenvalue weighted by atomic mass is 9.79. The molecule has 0 spiro atoms. The normalized spacial score (nSPS) is 13.1. The van der Waals surface area contributed by atoms with Gasteiger partial charge in [0.25, 0.3) is 5.91 Å². The molecule has 23 heavy (non-hydrogen) atoms. The van der Waals surface area contributed by atoms with E-state index in [4.69, 9.17) is 15.1 Å². The van der Waals surface area contributed by atoms with E-state index in [9.17, 15) is 9.90 Å². The molecular weight excluding hydrogens is 298 g/mol. The summed E-state index contributed by atoms with van der Waals surface area (Å²) in [5.41, 5.74) is 1.93. The van der Waals surface area contributed by atoms with Crippen molar-refractivity contribution in [1.82, 2.24) is 5.48 Å². The quantitative estimate of drug-likeness (QED) is 0.316. The van der Waals surface area contributed by atoms with Gasteiger partial charge < -0.3 is 14.9 Å². The monoisotopic (exact) mass is 323 g/mol. The standard InChI is InChI=1S/C17H25NO5/c1-17(2,10-4-3-5-15(20)18-22)16(21)13-6-8-14(9-7-13)23-12-11-19/h3,5-9,16,19,21-22H,4,10-12H2,1-2H3,(H,18,20)/b5-3+/t16-/m1/s1. The number of rotatable bonds is 9. The molecule has 0 saturated heterocycles. The van der Waals surface area contributed by atoms with Gasteiger partial charge in [0.15, 0.2) is 0 Å². The zero-order valence-electron chi connectivity index (χ0n) is 13.5. The number of amides is 1. The van der Waals surface area contributed by atoms with Crippen LogP contribution >= 0.6 is 0 Å². The van der Waals surface area contributed by atoms with Crippen molar-refractivity contribution in [3.63, 3.8) is 0 Å². The number of carbonyl (C=O) groups excluding carboxylic acids is 1. The third-order valence-corrected chi connectivity index (χ3v) is 3.63. The summed E-state index contributed by atoms with van der Waals surface area (Å²) in [4.78, 5) is 10.9. The fraction of sp³-hybridized carbons (Fsp3) is 0.471. The molecular formula is C17H25NO5. The molecule has 4 N–H and O–H groups in total. The molecule has 128 valence electrons. The van der Waals surface area contributed by atoms with Crippen LogP contribution in [-0.4, -0.2) is 34.5 Å². The lowest BCUT2D eigenvalue weighted by Gasteiger charge is -2.30. The number of aliphatic hydroxyl groups is 2. The Morgan fingerprint density at radius 2 is 2.00 bits per heavy atom. The molecule has 0 aliphatic heterocycles. The minimum Gasteiger partial charge on any atom is -0.491 e. The number of benzene rings is 1. The number of hydroxylamine groups is 1. The predicted molar refractivity (Wildman–Crippen MR) is 86.1 cm³/mol. The Morgan fingerprint density at radius 1 is 1.35 bits per heavy atom. The van der Waals surface area contributed by atoms with E-state index in [2.05, 4.69) is 0 Å². The van der Waals surface area contributed by atoms with E-state index >= 15 is 0 Å². The molecule has 6 heteroatoms. The van der Waals surface area contributed by atoms with Gasteiger partial charge in [-0.3, -0.25) is 10.0 Å². The molecule has 0 bridgehead atoms. The van der Waals surface area contributed by atoms with Gasteiger partial charge in [-0.05, 0) is 36.0 Å². The largest absolute Gasteiger partial charge is 0.491 e. The first-order valence-electron chi connectivity index (χ1n) is 7.53. The Bertz CT molecular complexity index is 510. The van der Waals surface area contributed by atoms with Gasteiger partial charge in [-0.2, -0.15) is 0 Å². The van der Waals surface area contributed by atoms with Crippen molar-refractivity contribution >= 4 is 5.91 Å². The van der Waals surface area contributed by atoms with Crippen molar-refractivity contribution in [2.75, 3.05) is 13.2 Å². The zero-order valence-corrected chi connectivity index (χ0v) is 13.5. The van der Waals surface area contributed by atoms with E-state index in [1.54, 1.807) is 30.3 Å². The van der Waals surface area contributed by atoms with E-state index in [1.165, 1.54) is 11.6 Å². The summed E-state index contributed by atoms with van der Waals surface area (Å²) in [6.07, 6.45) is 3.54. The van der Waals surface area contributed by atoms with Crippen molar-refractivity contribution in [2.24, 2.45) is 5.41 Å². The van der Waals surface area contributed by atoms with Gasteiger partial charge in [-0.1, -0.05) is 32.1 Å². The van der Waals surface area contributed by atoms with Crippen LogP contribution in [0.5, 0.6) is 5.75 Å². The molecule has 1 aromatic rings. The SMILES string of the molecule is CC(C)(CC/C=C/C(=O)NO)[C@H](O)c1ccc(OCCO)cc1. The number of hydrogen-bond acceptors (Lipinski definition) is 5. The van der Waals surface area contributed by atoms with Crippen molar-refractivity contribution in [1.29, 1.82) is 0 Å². The molecule has 0 aliphatic rings. The van der Waals surface area contributed by atoms with Crippen molar-refractivity contribution in [2.45, 2.75) is 32.8 Å². The Kier molecular flexibility index (Phi) is 7.74. The van der Waals surface area contributed by atoms with E-state index in [-0.39, 0.29) is 18.6 Å². The molecule has 0 unspecified atom stereocenters. The van der Waals surface area contributed by atoms with Crippen LogP contribution in [0.2, 0.25) is 0 Å². The second-order valence-electron chi connectivity index (χ2n) is 5.95. The summed E-state index contributed by atoms with van der Waals surface area (Å²) in [6.45, 7) is 4.10. The first-order valence-corrected chi connectivity index (χ1v) is 7.53. The fourth-order valence-corrected chi connectivity index (χ4v) is 2.18. The topological polar surface area (TPSA) is 99.0 Å². The second-order valence-corrected chi connectivity index (χ2v) is 5.95. The Labute approximate surface area is 136 Å². The molecule has 0 radical (unpaired) electrons. The van der Waals surface area contributed by atoms with Crippen LogP contribution in [0, 0.1) is 5.41 Å². The molecule has 0 aliphatic carbocycles. The van der Waals surface area contributed by atoms with Gasteiger partial charge in [0.05, 0.1) is 12.7 Å². The van der Waals surface area contributed by atoms with Gasteiger partial charge >= 0.3 is 0 Å². The summed E-state index contributed by atoms with van der Waals surface area (Å²) in [6, 6.07) is 7.12. The second kappa shape index (κ2) is 9.29. The summed E-state index contributed by atoms with van der Waals surface area (Å²) >= 11 is 0. The molecule has 1 atom stereocenters. The first kappa shape index (κ1) is 19.2. The summed E-state index contributed by atoms with van der Waals surface area (Å²) in [5, 5.41) is 27.7. The summed E-state index contributed by atoms with van der Waals surface area (Å²) in [7, 11) is 0. The van der Waals surface area contributed by atoms with Gasteiger partial charge in [0.2, 0.25) is 0 Å². The van der Waals surface area contributed by atoms with Crippen LogP contribution in [-0.2, 0) is 4.79 Å². The number of hydrogen-bond donors (Lipinski definition) is 4. The number of ether oxygens (including phenoxy) is 1. The number of aliphatic hydroxyl groups excluding tert-OH is 2. The third kappa shape index (κ3) is 6.40. The van der Waals surface area contributed by atoms with Gasteiger partial charge in [0.1, 0.15) is 12.4 Å².